The predicted molar refractivity (Wildman–Crippen MR) is 92.2 cm³/mol. The lowest BCUT2D eigenvalue weighted by molar-refractivity contribution is 0.0230. The van der Waals surface area contributed by atoms with Gasteiger partial charge < -0.3 is 10.1 Å². The van der Waals surface area contributed by atoms with Gasteiger partial charge in [-0.05, 0) is 35.4 Å². The molecule has 0 bridgehead atoms. The van der Waals surface area contributed by atoms with Gasteiger partial charge in [-0.3, -0.25) is 0 Å². The molecular formula is C15H26IN3O. The van der Waals surface area contributed by atoms with E-state index in [2.05, 4.69) is 67.5 Å². The molecule has 0 fully saturated rings. The highest BCUT2D eigenvalue weighted by Crippen LogP contribution is 2.32. The zero-order valence-electron chi connectivity index (χ0n) is 13.5. The van der Waals surface area contributed by atoms with Crippen LogP contribution in [0.4, 0.5) is 5.82 Å². The second-order valence-electron chi connectivity index (χ2n) is 6.21. The number of hydrogen-bond acceptors (Lipinski definition) is 4. The SMILES string of the molecule is CCOC(c1nc(NC)c(I)c(C(C)(C)C)n1)C(C)C. The van der Waals surface area contributed by atoms with Gasteiger partial charge in [0.1, 0.15) is 11.9 Å². The molecule has 1 heterocycles. The van der Waals surface area contributed by atoms with E-state index < -0.39 is 0 Å². The molecule has 0 aromatic carbocycles. The Morgan fingerprint density at radius 1 is 1.25 bits per heavy atom. The molecule has 1 aromatic heterocycles. The Kier molecular flexibility index (Phi) is 6.19. The molecule has 0 saturated carbocycles. The molecule has 1 N–H and O–H groups in total. The van der Waals surface area contributed by atoms with Gasteiger partial charge in [0.2, 0.25) is 0 Å². The van der Waals surface area contributed by atoms with Crippen molar-refractivity contribution in [2.45, 2.75) is 53.1 Å². The van der Waals surface area contributed by atoms with Crippen LogP contribution in [0.25, 0.3) is 0 Å². The van der Waals surface area contributed by atoms with Crippen molar-refractivity contribution >= 4 is 28.4 Å². The van der Waals surface area contributed by atoms with Gasteiger partial charge in [-0.25, -0.2) is 9.97 Å². The molecule has 0 amide bonds. The van der Waals surface area contributed by atoms with Crippen LogP contribution in [-0.2, 0) is 10.2 Å². The first kappa shape index (κ1) is 17.6. The van der Waals surface area contributed by atoms with Gasteiger partial charge in [-0.2, -0.15) is 0 Å². The van der Waals surface area contributed by atoms with E-state index in [1.807, 2.05) is 14.0 Å². The van der Waals surface area contributed by atoms with E-state index in [0.717, 1.165) is 20.9 Å². The monoisotopic (exact) mass is 391 g/mol. The summed E-state index contributed by atoms with van der Waals surface area (Å²) in [4.78, 5) is 9.46. The first-order valence-electron chi connectivity index (χ1n) is 7.09. The average Bonchev–Trinajstić information content (AvgIpc) is 2.34. The van der Waals surface area contributed by atoms with E-state index in [4.69, 9.17) is 9.72 Å². The fourth-order valence-electron chi connectivity index (χ4n) is 2.00. The predicted octanol–water partition coefficient (Wildman–Crippen LogP) is 4.15. The van der Waals surface area contributed by atoms with Gasteiger partial charge in [0, 0.05) is 19.1 Å². The zero-order valence-corrected chi connectivity index (χ0v) is 15.7. The first-order valence-corrected chi connectivity index (χ1v) is 8.17. The van der Waals surface area contributed by atoms with Crippen LogP contribution < -0.4 is 5.32 Å². The quantitative estimate of drug-likeness (QED) is 0.766. The normalized spacial score (nSPS) is 13.7. The van der Waals surface area contributed by atoms with Crippen LogP contribution in [0.1, 0.15) is 59.2 Å². The van der Waals surface area contributed by atoms with E-state index in [-0.39, 0.29) is 11.5 Å². The number of rotatable bonds is 5. The molecule has 0 radical (unpaired) electrons. The number of anilines is 1. The Hall–Kier alpha value is -0.430. The van der Waals surface area contributed by atoms with E-state index in [9.17, 15) is 0 Å². The van der Waals surface area contributed by atoms with Crippen molar-refractivity contribution in [3.63, 3.8) is 0 Å². The average molecular weight is 391 g/mol. The molecule has 1 aromatic rings. The van der Waals surface area contributed by atoms with Crippen LogP contribution in [0.5, 0.6) is 0 Å². The van der Waals surface area contributed by atoms with Crippen molar-refractivity contribution in [3.05, 3.63) is 15.1 Å². The van der Waals surface area contributed by atoms with Gasteiger partial charge in [-0.15, -0.1) is 0 Å². The number of halogens is 1. The topological polar surface area (TPSA) is 47.0 Å². The minimum atomic E-state index is -0.0646. The summed E-state index contributed by atoms with van der Waals surface area (Å²) in [7, 11) is 1.89. The maximum Gasteiger partial charge on any atom is 0.160 e. The van der Waals surface area contributed by atoms with Crippen molar-refractivity contribution in [1.82, 2.24) is 9.97 Å². The van der Waals surface area contributed by atoms with Crippen molar-refractivity contribution < 1.29 is 4.74 Å². The third-order valence-electron chi connectivity index (χ3n) is 3.02. The lowest BCUT2D eigenvalue weighted by Crippen LogP contribution is -2.22. The van der Waals surface area contributed by atoms with Gasteiger partial charge in [-0.1, -0.05) is 34.6 Å². The van der Waals surface area contributed by atoms with Crippen LogP contribution in [0.3, 0.4) is 0 Å². The molecule has 0 spiro atoms. The highest BCUT2D eigenvalue weighted by Gasteiger charge is 2.27. The molecule has 1 rings (SSSR count). The summed E-state index contributed by atoms with van der Waals surface area (Å²) in [6.45, 7) is 13.5. The number of nitrogens with one attached hydrogen (secondary N) is 1. The van der Waals surface area contributed by atoms with Crippen molar-refractivity contribution in [3.8, 4) is 0 Å². The van der Waals surface area contributed by atoms with Gasteiger partial charge in [0.05, 0.1) is 9.26 Å². The summed E-state index contributed by atoms with van der Waals surface area (Å²) in [6, 6.07) is 0. The van der Waals surface area contributed by atoms with Crippen LogP contribution in [0.2, 0.25) is 0 Å². The zero-order chi connectivity index (χ0) is 15.5. The summed E-state index contributed by atoms with van der Waals surface area (Å²) in [5.74, 6) is 2.00. The summed E-state index contributed by atoms with van der Waals surface area (Å²) < 4.78 is 6.92. The lowest BCUT2D eigenvalue weighted by Gasteiger charge is -2.25. The molecule has 5 heteroatoms. The smallest absolute Gasteiger partial charge is 0.160 e. The molecule has 0 aliphatic rings. The standard InChI is InChI=1S/C15H26IN3O/c1-8-20-11(9(2)3)14-18-12(15(4,5)6)10(16)13(17-7)19-14/h9,11H,8H2,1-7H3,(H,17,18,19). The van der Waals surface area contributed by atoms with Crippen LogP contribution >= 0.6 is 22.6 Å². The third-order valence-corrected chi connectivity index (χ3v) is 4.04. The van der Waals surface area contributed by atoms with Crippen molar-refractivity contribution in [2.75, 3.05) is 19.0 Å². The van der Waals surface area contributed by atoms with E-state index >= 15 is 0 Å². The van der Waals surface area contributed by atoms with Gasteiger partial charge in [0.25, 0.3) is 0 Å². The number of aromatic nitrogens is 2. The second-order valence-corrected chi connectivity index (χ2v) is 7.29. The van der Waals surface area contributed by atoms with Crippen molar-refractivity contribution in [2.24, 2.45) is 5.92 Å². The Balaban J connectivity index is 3.40. The number of ether oxygens (including phenoxy) is 1. The Labute approximate surface area is 136 Å². The lowest BCUT2D eigenvalue weighted by atomic mass is 9.91. The molecule has 4 nitrogen and oxygen atoms in total. The number of nitrogens with zero attached hydrogens (tertiary/aromatic N) is 2. The summed E-state index contributed by atoms with van der Waals surface area (Å²) >= 11 is 2.32. The molecule has 20 heavy (non-hydrogen) atoms. The Morgan fingerprint density at radius 2 is 1.85 bits per heavy atom. The molecule has 0 aliphatic carbocycles. The highest BCUT2D eigenvalue weighted by molar-refractivity contribution is 14.1. The highest BCUT2D eigenvalue weighted by atomic mass is 127. The van der Waals surface area contributed by atoms with E-state index in [1.54, 1.807) is 0 Å². The molecule has 0 saturated heterocycles. The Bertz CT molecular complexity index is 455. The van der Waals surface area contributed by atoms with Gasteiger partial charge >= 0.3 is 0 Å². The summed E-state index contributed by atoms with van der Waals surface area (Å²) in [5.41, 5.74) is 1.05. The Morgan fingerprint density at radius 3 is 2.25 bits per heavy atom. The minimum Gasteiger partial charge on any atom is -0.372 e. The van der Waals surface area contributed by atoms with Crippen LogP contribution in [0, 0.1) is 9.49 Å². The molecular weight excluding hydrogens is 365 g/mol. The largest absolute Gasteiger partial charge is 0.372 e. The minimum absolute atomic E-state index is 0.0203. The van der Waals surface area contributed by atoms with E-state index in [1.165, 1.54) is 0 Å². The van der Waals surface area contributed by atoms with Crippen LogP contribution in [0.15, 0.2) is 0 Å². The first-order chi connectivity index (χ1) is 9.22. The maximum absolute atomic E-state index is 5.84. The maximum atomic E-state index is 5.84. The fraction of sp³-hybridized carbons (Fsp3) is 0.733. The van der Waals surface area contributed by atoms with Crippen LogP contribution in [-0.4, -0.2) is 23.6 Å². The summed E-state index contributed by atoms with van der Waals surface area (Å²) in [5, 5.41) is 3.17. The van der Waals surface area contributed by atoms with Gasteiger partial charge in [0.15, 0.2) is 5.82 Å². The van der Waals surface area contributed by atoms with E-state index in [0.29, 0.717) is 12.5 Å². The molecule has 114 valence electrons. The number of hydrogen-bond donors (Lipinski definition) is 1. The third kappa shape index (κ3) is 4.04. The molecule has 1 atom stereocenters. The van der Waals surface area contributed by atoms with Crippen molar-refractivity contribution in [1.29, 1.82) is 0 Å². The molecule has 1 unspecified atom stereocenters. The fourth-order valence-corrected chi connectivity index (χ4v) is 3.32. The second kappa shape index (κ2) is 7.02. The summed E-state index contributed by atoms with van der Waals surface area (Å²) in [6.07, 6.45) is -0.0646. The molecule has 0 aliphatic heterocycles.